The van der Waals surface area contributed by atoms with Crippen LogP contribution in [0.3, 0.4) is 0 Å². The average molecular weight is 443 g/mol. The van der Waals surface area contributed by atoms with E-state index in [1.54, 1.807) is 47.9 Å². The molecule has 0 spiro atoms. The zero-order valence-electron chi connectivity index (χ0n) is 18.0. The predicted octanol–water partition coefficient (Wildman–Crippen LogP) is 3.81. The van der Waals surface area contributed by atoms with Gasteiger partial charge >= 0.3 is 5.97 Å². The maximum Gasteiger partial charge on any atom is 0.339 e. The summed E-state index contributed by atoms with van der Waals surface area (Å²) < 4.78 is 6.43. The van der Waals surface area contributed by atoms with E-state index in [1.807, 2.05) is 0 Å². The van der Waals surface area contributed by atoms with Crippen molar-refractivity contribution >= 4 is 34.6 Å². The number of nitrogen functional groups attached to an aromatic ring is 1. The van der Waals surface area contributed by atoms with Gasteiger partial charge in [-0.3, -0.25) is 9.59 Å². The van der Waals surface area contributed by atoms with Crippen molar-refractivity contribution in [1.29, 1.82) is 0 Å². The van der Waals surface area contributed by atoms with Gasteiger partial charge in [-0.15, -0.1) is 0 Å². The van der Waals surface area contributed by atoms with E-state index < -0.39 is 11.9 Å². The molecule has 0 atom stereocenters. The van der Waals surface area contributed by atoms with Crippen molar-refractivity contribution in [3.05, 3.63) is 94.8 Å². The third-order valence-electron chi connectivity index (χ3n) is 5.37. The molecule has 0 unspecified atom stereocenters. The van der Waals surface area contributed by atoms with E-state index in [-0.39, 0.29) is 33.9 Å². The first-order valence-electron chi connectivity index (χ1n) is 10.0. The molecule has 0 fully saturated rings. The summed E-state index contributed by atoms with van der Waals surface area (Å²) >= 11 is 0. The molecule has 4 N–H and O–H groups in total. The molecule has 33 heavy (non-hydrogen) atoms. The zero-order chi connectivity index (χ0) is 23.7. The Morgan fingerprint density at radius 3 is 2.52 bits per heavy atom. The SMILES string of the molecule is COC(=O)c1cc(C(=O)c2c(C)c(NC(=O)c3cccc(O)c3)c3ccccn23)ccc1N. The van der Waals surface area contributed by atoms with Crippen LogP contribution < -0.4 is 11.1 Å². The fourth-order valence-corrected chi connectivity index (χ4v) is 3.72. The summed E-state index contributed by atoms with van der Waals surface area (Å²) in [7, 11) is 1.24. The third-order valence-corrected chi connectivity index (χ3v) is 5.37. The number of anilines is 2. The van der Waals surface area contributed by atoms with Gasteiger partial charge in [0.15, 0.2) is 0 Å². The molecule has 2 aromatic heterocycles. The average Bonchev–Trinajstić information content (AvgIpc) is 3.09. The molecular formula is C25H21N3O5. The van der Waals surface area contributed by atoms with Crippen molar-refractivity contribution in [3.63, 3.8) is 0 Å². The van der Waals surface area contributed by atoms with Crippen molar-refractivity contribution in [2.24, 2.45) is 0 Å². The van der Waals surface area contributed by atoms with Crippen LogP contribution in [-0.4, -0.2) is 34.3 Å². The molecule has 0 aliphatic rings. The van der Waals surface area contributed by atoms with E-state index in [0.717, 1.165) is 0 Å². The Kier molecular flexibility index (Phi) is 5.58. The lowest BCUT2D eigenvalue weighted by Gasteiger charge is -2.08. The molecule has 2 heterocycles. The van der Waals surface area contributed by atoms with Crippen LogP contribution in [0.5, 0.6) is 5.75 Å². The Labute approximate surface area is 189 Å². The van der Waals surface area contributed by atoms with Gasteiger partial charge in [0.25, 0.3) is 5.91 Å². The van der Waals surface area contributed by atoms with Crippen LogP contribution in [0.15, 0.2) is 66.9 Å². The number of hydrogen-bond acceptors (Lipinski definition) is 6. The molecule has 0 bridgehead atoms. The van der Waals surface area contributed by atoms with Crippen LogP contribution in [0.25, 0.3) is 5.52 Å². The molecule has 8 heteroatoms. The van der Waals surface area contributed by atoms with E-state index in [4.69, 9.17) is 10.5 Å². The standard InChI is InChI=1S/C25H21N3O5/c1-14-21(27-24(31)16-6-5-7-17(29)12-16)20-8-3-4-11-28(20)22(14)23(30)15-9-10-19(26)18(13-15)25(32)33-2/h3-13,29H,26H2,1-2H3,(H,27,31). The van der Waals surface area contributed by atoms with Crippen LogP contribution in [0.4, 0.5) is 11.4 Å². The third kappa shape index (κ3) is 3.89. The second-order valence-corrected chi connectivity index (χ2v) is 7.43. The fraction of sp³-hybridized carbons (Fsp3) is 0.0800. The molecule has 0 aliphatic heterocycles. The van der Waals surface area contributed by atoms with Gasteiger partial charge in [0, 0.05) is 28.6 Å². The number of fused-ring (bicyclic) bond motifs is 1. The number of hydrogen-bond donors (Lipinski definition) is 3. The van der Waals surface area contributed by atoms with E-state index in [9.17, 15) is 19.5 Å². The highest BCUT2D eigenvalue weighted by Crippen LogP contribution is 2.31. The maximum atomic E-state index is 13.5. The van der Waals surface area contributed by atoms with Gasteiger partial charge in [-0.2, -0.15) is 0 Å². The second kappa shape index (κ2) is 8.51. The van der Waals surface area contributed by atoms with Gasteiger partial charge in [0.1, 0.15) is 5.75 Å². The molecule has 4 aromatic rings. The predicted molar refractivity (Wildman–Crippen MR) is 124 cm³/mol. The molecule has 166 valence electrons. The summed E-state index contributed by atoms with van der Waals surface area (Å²) in [5.74, 6) is -1.44. The van der Waals surface area contributed by atoms with Gasteiger partial charge < -0.3 is 25.3 Å². The monoisotopic (exact) mass is 443 g/mol. The summed E-state index contributed by atoms with van der Waals surface area (Å²) in [6.07, 6.45) is 1.72. The van der Waals surface area contributed by atoms with E-state index in [1.165, 1.54) is 37.4 Å². The normalized spacial score (nSPS) is 10.7. The minimum atomic E-state index is -0.641. The number of amides is 1. The number of nitrogens with one attached hydrogen (secondary N) is 1. The first kappa shape index (κ1) is 21.6. The van der Waals surface area contributed by atoms with E-state index >= 15 is 0 Å². The second-order valence-electron chi connectivity index (χ2n) is 7.43. The summed E-state index contributed by atoms with van der Waals surface area (Å²) in [6.45, 7) is 1.73. The number of nitrogens with zero attached hydrogens (tertiary/aromatic N) is 1. The lowest BCUT2D eigenvalue weighted by Crippen LogP contribution is -2.13. The summed E-state index contributed by atoms with van der Waals surface area (Å²) in [6, 6.07) is 15.8. The lowest BCUT2D eigenvalue weighted by atomic mass is 10.0. The highest BCUT2D eigenvalue weighted by atomic mass is 16.5. The number of benzene rings is 2. The highest BCUT2D eigenvalue weighted by molar-refractivity contribution is 6.14. The van der Waals surface area contributed by atoms with Gasteiger partial charge in [-0.25, -0.2) is 4.79 Å². The van der Waals surface area contributed by atoms with Crippen LogP contribution in [-0.2, 0) is 4.74 Å². The largest absolute Gasteiger partial charge is 0.508 e. The summed E-state index contributed by atoms with van der Waals surface area (Å²) in [4.78, 5) is 38.4. The number of carbonyl (C=O) groups is 3. The number of nitrogens with two attached hydrogens (primary N) is 1. The zero-order valence-corrected chi connectivity index (χ0v) is 18.0. The fourth-order valence-electron chi connectivity index (χ4n) is 3.72. The highest BCUT2D eigenvalue weighted by Gasteiger charge is 2.24. The molecule has 2 aromatic carbocycles. The Morgan fingerprint density at radius 1 is 1.00 bits per heavy atom. The number of phenols is 1. The quantitative estimate of drug-likeness (QED) is 0.245. The number of esters is 1. The molecule has 8 nitrogen and oxygen atoms in total. The van der Waals surface area contributed by atoms with E-state index in [0.29, 0.717) is 22.5 Å². The van der Waals surface area contributed by atoms with Gasteiger partial charge in [0.05, 0.1) is 29.6 Å². The Bertz CT molecular complexity index is 1420. The lowest BCUT2D eigenvalue weighted by molar-refractivity contribution is 0.0601. The minimum Gasteiger partial charge on any atom is -0.508 e. The number of ketones is 1. The van der Waals surface area contributed by atoms with Crippen molar-refractivity contribution in [1.82, 2.24) is 4.40 Å². The molecule has 0 saturated carbocycles. The minimum absolute atomic E-state index is 0.0262. The van der Waals surface area contributed by atoms with Crippen LogP contribution >= 0.6 is 0 Å². The number of aromatic hydroxyl groups is 1. The van der Waals surface area contributed by atoms with Crippen LogP contribution in [0.1, 0.15) is 42.3 Å². The number of pyridine rings is 1. The first-order valence-corrected chi connectivity index (χ1v) is 10.0. The van der Waals surface area contributed by atoms with Crippen LogP contribution in [0.2, 0.25) is 0 Å². The maximum absolute atomic E-state index is 13.5. The topological polar surface area (TPSA) is 123 Å². The van der Waals surface area contributed by atoms with Gasteiger partial charge in [-0.05, 0) is 55.5 Å². The van der Waals surface area contributed by atoms with E-state index in [2.05, 4.69) is 5.32 Å². The Balaban J connectivity index is 1.80. The van der Waals surface area contributed by atoms with Gasteiger partial charge in [-0.1, -0.05) is 12.1 Å². The number of aromatic nitrogens is 1. The van der Waals surface area contributed by atoms with Crippen molar-refractivity contribution in [2.75, 3.05) is 18.2 Å². The van der Waals surface area contributed by atoms with Crippen LogP contribution in [0, 0.1) is 6.92 Å². The first-order chi connectivity index (χ1) is 15.8. The number of phenolic OH excluding ortho intramolecular Hbond substituents is 1. The number of rotatable bonds is 5. The molecule has 1 amide bonds. The Hall–Kier alpha value is -4.59. The van der Waals surface area contributed by atoms with Gasteiger partial charge in [0.2, 0.25) is 5.78 Å². The molecule has 0 aliphatic carbocycles. The number of methoxy groups -OCH3 is 1. The number of ether oxygens (including phenoxy) is 1. The molecular weight excluding hydrogens is 422 g/mol. The summed E-state index contributed by atoms with van der Waals surface area (Å²) in [5.41, 5.74) is 8.67. The smallest absolute Gasteiger partial charge is 0.339 e. The van der Waals surface area contributed by atoms with Crippen molar-refractivity contribution < 1.29 is 24.2 Å². The molecule has 0 saturated heterocycles. The van der Waals surface area contributed by atoms with Crippen molar-refractivity contribution in [2.45, 2.75) is 6.92 Å². The summed E-state index contributed by atoms with van der Waals surface area (Å²) in [5, 5.41) is 12.5. The Morgan fingerprint density at radius 2 is 1.79 bits per heavy atom. The molecule has 4 rings (SSSR count). The number of carbonyl (C=O) groups excluding carboxylic acids is 3. The molecule has 0 radical (unpaired) electrons. The van der Waals surface area contributed by atoms with Crippen molar-refractivity contribution in [3.8, 4) is 5.75 Å².